The maximum Gasteiger partial charge on any atom is 0.123 e. The van der Waals surface area contributed by atoms with Crippen molar-refractivity contribution < 1.29 is 4.39 Å². The number of aryl methyl sites for hydroxylation is 1. The smallest absolute Gasteiger partial charge is 0.123 e. The van der Waals surface area contributed by atoms with E-state index in [1.807, 2.05) is 4.68 Å². The van der Waals surface area contributed by atoms with E-state index in [9.17, 15) is 4.39 Å². The molecule has 0 saturated carbocycles. The molecule has 4 heteroatoms. The van der Waals surface area contributed by atoms with Crippen LogP contribution in [0.2, 0.25) is 0 Å². The quantitative estimate of drug-likeness (QED) is 0.836. The van der Waals surface area contributed by atoms with Crippen LogP contribution < -0.4 is 0 Å². The van der Waals surface area contributed by atoms with Crippen molar-refractivity contribution >= 4 is 15.9 Å². The Balaban J connectivity index is 2.52. The summed E-state index contributed by atoms with van der Waals surface area (Å²) in [6.07, 6.45) is 0.919. The maximum atomic E-state index is 12.9. The SMILES string of the molecule is CCc1c(Br)c(-c2ccc(F)cc2)nn1CC. The Bertz CT molecular complexity index is 517. The lowest BCUT2D eigenvalue weighted by molar-refractivity contribution is 0.625. The first-order valence-corrected chi connectivity index (χ1v) is 6.47. The number of benzene rings is 1. The van der Waals surface area contributed by atoms with Gasteiger partial charge in [-0.25, -0.2) is 4.39 Å². The van der Waals surface area contributed by atoms with Crippen LogP contribution in [0.5, 0.6) is 0 Å². The molecule has 1 heterocycles. The summed E-state index contributed by atoms with van der Waals surface area (Å²) in [5.41, 5.74) is 2.98. The standard InChI is InChI=1S/C13H14BrFN2/c1-3-11-12(14)13(16-17(11)4-2)9-5-7-10(15)8-6-9/h5-8H,3-4H2,1-2H3. The van der Waals surface area contributed by atoms with E-state index in [1.165, 1.54) is 17.8 Å². The van der Waals surface area contributed by atoms with Gasteiger partial charge in [0, 0.05) is 12.1 Å². The van der Waals surface area contributed by atoms with E-state index in [0.29, 0.717) is 0 Å². The van der Waals surface area contributed by atoms with Gasteiger partial charge in [0.25, 0.3) is 0 Å². The van der Waals surface area contributed by atoms with Crippen LogP contribution in [0.15, 0.2) is 28.7 Å². The lowest BCUT2D eigenvalue weighted by Crippen LogP contribution is -2.01. The summed E-state index contributed by atoms with van der Waals surface area (Å²) in [5, 5.41) is 4.55. The lowest BCUT2D eigenvalue weighted by atomic mass is 10.1. The Hall–Kier alpha value is -1.16. The Morgan fingerprint density at radius 3 is 2.35 bits per heavy atom. The van der Waals surface area contributed by atoms with Crippen LogP contribution in [0.25, 0.3) is 11.3 Å². The Morgan fingerprint density at radius 2 is 1.88 bits per heavy atom. The average molecular weight is 297 g/mol. The maximum absolute atomic E-state index is 12.9. The first-order chi connectivity index (χ1) is 8.17. The molecule has 1 aromatic heterocycles. The zero-order valence-corrected chi connectivity index (χ0v) is 11.5. The highest BCUT2D eigenvalue weighted by Crippen LogP contribution is 2.30. The minimum absolute atomic E-state index is 0.226. The van der Waals surface area contributed by atoms with E-state index < -0.39 is 0 Å². The van der Waals surface area contributed by atoms with Gasteiger partial charge in [-0.15, -0.1) is 0 Å². The highest BCUT2D eigenvalue weighted by atomic mass is 79.9. The molecule has 17 heavy (non-hydrogen) atoms. The molecule has 0 aliphatic carbocycles. The Labute approximate surface area is 109 Å². The largest absolute Gasteiger partial charge is 0.268 e. The van der Waals surface area contributed by atoms with Gasteiger partial charge in [-0.2, -0.15) is 5.10 Å². The van der Waals surface area contributed by atoms with Crippen molar-refractivity contribution in [3.63, 3.8) is 0 Å². The molecule has 2 rings (SSSR count). The second-order valence-electron chi connectivity index (χ2n) is 3.79. The second kappa shape index (κ2) is 5.00. The van der Waals surface area contributed by atoms with E-state index in [-0.39, 0.29) is 5.82 Å². The molecule has 1 aromatic carbocycles. The second-order valence-corrected chi connectivity index (χ2v) is 4.58. The van der Waals surface area contributed by atoms with Crippen molar-refractivity contribution in [1.29, 1.82) is 0 Å². The molecule has 0 saturated heterocycles. The normalized spacial score (nSPS) is 10.8. The summed E-state index contributed by atoms with van der Waals surface area (Å²) in [4.78, 5) is 0. The van der Waals surface area contributed by atoms with Gasteiger partial charge in [-0.1, -0.05) is 6.92 Å². The number of aromatic nitrogens is 2. The number of nitrogens with zero attached hydrogens (tertiary/aromatic N) is 2. The van der Waals surface area contributed by atoms with Crippen molar-refractivity contribution in [3.05, 3.63) is 40.2 Å². The van der Waals surface area contributed by atoms with Crippen LogP contribution in [0.1, 0.15) is 19.5 Å². The minimum atomic E-state index is -0.226. The summed E-state index contributed by atoms with van der Waals surface area (Å²) >= 11 is 3.58. The van der Waals surface area contributed by atoms with Crippen molar-refractivity contribution in [2.24, 2.45) is 0 Å². The molecule has 2 nitrogen and oxygen atoms in total. The average Bonchev–Trinajstić information content (AvgIpc) is 2.66. The lowest BCUT2D eigenvalue weighted by Gasteiger charge is -2.00. The zero-order chi connectivity index (χ0) is 12.4. The molecular weight excluding hydrogens is 283 g/mol. The monoisotopic (exact) mass is 296 g/mol. The van der Waals surface area contributed by atoms with Gasteiger partial charge in [0.05, 0.1) is 10.2 Å². The van der Waals surface area contributed by atoms with Crippen molar-refractivity contribution in [3.8, 4) is 11.3 Å². The van der Waals surface area contributed by atoms with Crippen LogP contribution in [0.4, 0.5) is 4.39 Å². The third-order valence-electron chi connectivity index (χ3n) is 2.75. The predicted molar refractivity (Wildman–Crippen MR) is 70.4 cm³/mol. The topological polar surface area (TPSA) is 17.8 Å². The van der Waals surface area contributed by atoms with Gasteiger partial charge in [-0.05, 0) is 53.5 Å². The van der Waals surface area contributed by atoms with Crippen molar-refractivity contribution in [1.82, 2.24) is 9.78 Å². The summed E-state index contributed by atoms with van der Waals surface area (Å²) in [6.45, 7) is 5.00. The molecule has 0 bridgehead atoms. The molecule has 0 spiro atoms. The van der Waals surface area contributed by atoms with Crippen LogP contribution in [0, 0.1) is 5.82 Å². The van der Waals surface area contributed by atoms with E-state index in [1.54, 1.807) is 12.1 Å². The fourth-order valence-corrected chi connectivity index (χ4v) is 2.66. The van der Waals surface area contributed by atoms with E-state index in [0.717, 1.165) is 28.7 Å². The first-order valence-electron chi connectivity index (χ1n) is 5.68. The molecule has 90 valence electrons. The molecule has 0 amide bonds. The van der Waals surface area contributed by atoms with Crippen molar-refractivity contribution in [2.45, 2.75) is 26.8 Å². The van der Waals surface area contributed by atoms with Crippen LogP contribution in [0.3, 0.4) is 0 Å². The van der Waals surface area contributed by atoms with Gasteiger partial charge in [0.2, 0.25) is 0 Å². The van der Waals surface area contributed by atoms with E-state index >= 15 is 0 Å². The van der Waals surface area contributed by atoms with E-state index in [4.69, 9.17) is 0 Å². The fourth-order valence-electron chi connectivity index (χ4n) is 1.87. The number of halogens is 2. The van der Waals surface area contributed by atoms with E-state index in [2.05, 4.69) is 34.9 Å². The number of hydrogen-bond acceptors (Lipinski definition) is 1. The van der Waals surface area contributed by atoms with Gasteiger partial charge in [0.1, 0.15) is 11.5 Å². The highest BCUT2D eigenvalue weighted by molar-refractivity contribution is 9.10. The third-order valence-corrected chi connectivity index (χ3v) is 3.58. The third kappa shape index (κ3) is 2.27. The summed E-state index contributed by atoms with van der Waals surface area (Å²) < 4.78 is 15.9. The van der Waals surface area contributed by atoms with Crippen LogP contribution in [-0.4, -0.2) is 9.78 Å². The molecule has 2 aromatic rings. The van der Waals surface area contributed by atoms with Gasteiger partial charge in [0.15, 0.2) is 0 Å². The van der Waals surface area contributed by atoms with Gasteiger partial charge < -0.3 is 0 Å². The first kappa shape index (κ1) is 12.3. The summed E-state index contributed by atoms with van der Waals surface area (Å²) in [6, 6.07) is 6.42. The predicted octanol–water partition coefficient (Wildman–Crippen LogP) is 4.03. The molecule has 0 unspecified atom stereocenters. The number of rotatable bonds is 3. The highest BCUT2D eigenvalue weighted by Gasteiger charge is 2.14. The molecule has 0 aliphatic rings. The fraction of sp³-hybridized carbons (Fsp3) is 0.308. The van der Waals surface area contributed by atoms with Gasteiger partial charge >= 0.3 is 0 Å². The molecule has 0 radical (unpaired) electrons. The zero-order valence-electron chi connectivity index (χ0n) is 9.87. The number of hydrogen-bond donors (Lipinski definition) is 0. The minimum Gasteiger partial charge on any atom is -0.268 e. The molecule has 0 fully saturated rings. The van der Waals surface area contributed by atoms with Crippen LogP contribution in [-0.2, 0) is 13.0 Å². The molecule has 0 aliphatic heterocycles. The molecular formula is C13H14BrFN2. The van der Waals surface area contributed by atoms with Gasteiger partial charge in [-0.3, -0.25) is 4.68 Å². The van der Waals surface area contributed by atoms with Crippen LogP contribution >= 0.6 is 15.9 Å². The molecule has 0 atom stereocenters. The summed E-state index contributed by atoms with van der Waals surface area (Å²) in [7, 11) is 0. The Kier molecular flexibility index (Phi) is 3.62. The van der Waals surface area contributed by atoms with Crippen molar-refractivity contribution in [2.75, 3.05) is 0 Å². The summed E-state index contributed by atoms with van der Waals surface area (Å²) in [5.74, 6) is -0.226. The Morgan fingerprint density at radius 1 is 1.24 bits per heavy atom. The molecule has 0 N–H and O–H groups in total.